The average molecular weight is 947 g/mol. The van der Waals surface area contributed by atoms with Crippen molar-refractivity contribution < 1.29 is 0 Å². The van der Waals surface area contributed by atoms with E-state index in [1.54, 1.807) is 3.58 Å². The van der Waals surface area contributed by atoms with Crippen molar-refractivity contribution in [1.29, 1.82) is 0 Å². The van der Waals surface area contributed by atoms with E-state index in [0.717, 1.165) is 19.6 Å². The van der Waals surface area contributed by atoms with E-state index in [4.69, 9.17) is 0 Å². The van der Waals surface area contributed by atoms with Crippen LogP contribution in [0.1, 0.15) is 77.0 Å². The minimum atomic E-state index is -2.76. The summed E-state index contributed by atoms with van der Waals surface area (Å²) in [4.78, 5) is 0. The monoisotopic (exact) mass is 947 g/mol. The van der Waals surface area contributed by atoms with E-state index in [2.05, 4.69) is 190 Å². The van der Waals surface area contributed by atoms with Gasteiger partial charge in [-0.25, -0.2) is 0 Å². The van der Waals surface area contributed by atoms with Crippen LogP contribution >= 0.6 is 0 Å². The molecule has 0 atom stereocenters. The Hall–Kier alpha value is -5.26. The summed E-state index contributed by atoms with van der Waals surface area (Å²) in [6.07, 6.45) is 15.9. The normalized spacial score (nSPS) is 12.2. The van der Waals surface area contributed by atoms with Crippen molar-refractivity contribution in [2.45, 2.75) is 110 Å². The summed E-state index contributed by atoms with van der Waals surface area (Å²) in [6.45, 7) is 3.30. The second-order valence-electron chi connectivity index (χ2n) is 18.7. The van der Waals surface area contributed by atoms with Gasteiger partial charge in [-0.05, 0) is 0 Å². The van der Waals surface area contributed by atoms with Gasteiger partial charge in [-0.1, -0.05) is 0 Å². The summed E-state index contributed by atoms with van der Waals surface area (Å²) in [6, 6.07) is 66.0. The summed E-state index contributed by atoms with van der Waals surface area (Å²) < 4.78 is 14.0. The Morgan fingerprint density at radius 2 is 0.469 bits per heavy atom. The first-order chi connectivity index (χ1) is 31.8. The summed E-state index contributed by atoms with van der Waals surface area (Å²) in [5, 5.41) is 8.32. The van der Waals surface area contributed by atoms with Crippen molar-refractivity contribution in [3.63, 3.8) is 0 Å². The van der Waals surface area contributed by atoms with E-state index in [0.29, 0.717) is 0 Å². The molecule has 0 N–H and O–H groups in total. The fraction of sp³-hybridized carbons (Fsp3) is 0.300. The van der Waals surface area contributed by atoms with Gasteiger partial charge >= 0.3 is 387 Å². The van der Waals surface area contributed by atoms with E-state index >= 15 is 0 Å². The van der Waals surface area contributed by atoms with Gasteiger partial charge in [0, 0.05) is 0 Å². The Bertz CT molecular complexity index is 2630. The molecule has 10 rings (SSSR count). The van der Waals surface area contributed by atoms with Crippen LogP contribution in [0.5, 0.6) is 0 Å². The maximum absolute atomic E-state index is 2.76. The Morgan fingerprint density at radius 3 is 0.750 bits per heavy atom. The van der Waals surface area contributed by atoms with E-state index in [-0.39, 0.29) is 0 Å². The first-order valence-electron chi connectivity index (χ1n) is 24.7. The van der Waals surface area contributed by atoms with Gasteiger partial charge in [0.25, 0.3) is 0 Å². The van der Waals surface area contributed by atoms with Gasteiger partial charge in [-0.3, -0.25) is 0 Å². The minimum absolute atomic E-state index is 1.10. The molecule has 0 unspecified atom stereocenters. The molecule has 64 heavy (non-hydrogen) atoms. The quantitative estimate of drug-likeness (QED) is 0.0475. The molecule has 0 aliphatic carbocycles. The molecular formula is C60H65N3Sn. The number of fused-ring (bicyclic) bond motifs is 9. The van der Waals surface area contributed by atoms with Crippen LogP contribution in [0, 0.1) is 0 Å². The van der Waals surface area contributed by atoms with Gasteiger partial charge in [-0.2, -0.15) is 0 Å². The van der Waals surface area contributed by atoms with E-state index < -0.39 is 18.4 Å². The van der Waals surface area contributed by atoms with Crippen LogP contribution in [0.25, 0.3) is 65.4 Å². The Balaban J connectivity index is 0.792. The fourth-order valence-electron chi connectivity index (χ4n) is 11.6. The van der Waals surface area contributed by atoms with E-state index in [1.165, 1.54) is 156 Å². The van der Waals surface area contributed by atoms with Crippen LogP contribution in [0.15, 0.2) is 176 Å². The van der Waals surface area contributed by atoms with Crippen molar-refractivity contribution in [3.8, 4) is 0 Å². The number of hydrogen-bond acceptors (Lipinski definition) is 0. The second kappa shape index (κ2) is 20.3. The first-order valence-corrected chi connectivity index (χ1v) is 32.2. The van der Waals surface area contributed by atoms with Crippen molar-refractivity contribution in [3.05, 3.63) is 176 Å². The van der Waals surface area contributed by atoms with Crippen molar-refractivity contribution in [1.82, 2.24) is 13.7 Å². The first kappa shape index (κ1) is 42.7. The SMILES string of the molecule is c1cc[c]([Sn]([CH2]CCCCCn2c3ccccc3c3ccccc32)([CH2]CCCCCn2c3ccccc3c3ccccc32)[CH2]CCCCCn2c3ccccc3c3ccccc32)cc1. The number of benzene rings is 7. The third kappa shape index (κ3) is 8.90. The van der Waals surface area contributed by atoms with Crippen molar-refractivity contribution in [2.24, 2.45) is 0 Å². The number of nitrogens with zero attached hydrogens (tertiary/aromatic N) is 3. The zero-order valence-corrected chi connectivity index (χ0v) is 40.7. The molecular weight excluding hydrogens is 881 g/mol. The molecule has 3 aromatic heterocycles. The second-order valence-corrected chi connectivity index (χ2v) is 31.9. The molecule has 0 aliphatic rings. The molecule has 0 saturated heterocycles. The molecule has 0 saturated carbocycles. The number of unbranched alkanes of at least 4 members (excludes halogenated alkanes) is 9. The third-order valence-electron chi connectivity index (χ3n) is 14.8. The average Bonchev–Trinajstić information content (AvgIpc) is 3.97. The van der Waals surface area contributed by atoms with Crippen LogP contribution < -0.4 is 3.58 Å². The summed E-state index contributed by atoms with van der Waals surface area (Å²) >= 11 is -2.76. The van der Waals surface area contributed by atoms with Crippen molar-refractivity contribution >= 4 is 87.4 Å². The van der Waals surface area contributed by atoms with Crippen LogP contribution in [0.4, 0.5) is 0 Å². The Labute approximate surface area is 384 Å². The molecule has 10 aromatic rings. The third-order valence-corrected chi connectivity index (χ3v) is 30.5. The molecule has 0 fully saturated rings. The Kier molecular flexibility index (Phi) is 13.5. The van der Waals surface area contributed by atoms with Crippen LogP contribution in [-0.4, -0.2) is 32.1 Å². The standard InChI is InChI=1S/3C18H20N.C6H5.Sn/c3*1-2-3-4-9-14-19-17-12-7-5-10-15(17)16-11-6-8-13-18(16)19;1-2-4-6-5-3-1;/h3*5-8,10-13H,1-4,9,14H2;1-5H;. The molecule has 0 radical (unpaired) electrons. The molecule has 324 valence electrons. The molecule has 0 amide bonds. The summed E-state index contributed by atoms with van der Waals surface area (Å²) in [7, 11) is 0. The molecule has 0 aliphatic heterocycles. The van der Waals surface area contributed by atoms with Gasteiger partial charge in [-0.15, -0.1) is 0 Å². The van der Waals surface area contributed by atoms with Crippen LogP contribution in [0.2, 0.25) is 13.3 Å². The van der Waals surface area contributed by atoms with Gasteiger partial charge in [0.1, 0.15) is 0 Å². The van der Waals surface area contributed by atoms with E-state index in [1.807, 2.05) is 0 Å². The number of aromatic nitrogens is 3. The van der Waals surface area contributed by atoms with Gasteiger partial charge in [0.2, 0.25) is 0 Å². The number of aryl methyl sites for hydroxylation is 3. The van der Waals surface area contributed by atoms with Crippen LogP contribution in [0.3, 0.4) is 0 Å². The molecule has 0 bridgehead atoms. The molecule has 0 spiro atoms. The number of rotatable bonds is 22. The number of hydrogen-bond donors (Lipinski definition) is 0. The van der Waals surface area contributed by atoms with Crippen molar-refractivity contribution in [2.75, 3.05) is 0 Å². The predicted octanol–water partition coefficient (Wildman–Crippen LogP) is 16.4. The summed E-state index contributed by atoms with van der Waals surface area (Å²) in [5.74, 6) is 0. The van der Waals surface area contributed by atoms with Gasteiger partial charge in [0.05, 0.1) is 0 Å². The molecule has 7 aromatic carbocycles. The van der Waals surface area contributed by atoms with Gasteiger partial charge in [0.15, 0.2) is 0 Å². The topological polar surface area (TPSA) is 14.8 Å². The molecule has 3 heterocycles. The number of para-hydroxylation sites is 6. The Morgan fingerprint density at radius 1 is 0.234 bits per heavy atom. The maximum atomic E-state index is 2.58. The molecule has 4 heteroatoms. The van der Waals surface area contributed by atoms with Crippen LogP contribution in [-0.2, 0) is 19.6 Å². The zero-order chi connectivity index (χ0) is 43.0. The molecule has 3 nitrogen and oxygen atoms in total. The predicted molar refractivity (Wildman–Crippen MR) is 280 cm³/mol. The van der Waals surface area contributed by atoms with Gasteiger partial charge < -0.3 is 0 Å². The zero-order valence-electron chi connectivity index (χ0n) is 37.8. The fourth-order valence-corrected chi connectivity index (χ4v) is 26.7. The summed E-state index contributed by atoms with van der Waals surface area (Å²) in [5.41, 5.74) is 8.30. The van der Waals surface area contributed by atoms with E-state index in [9.17, 15) is 0 Å².